The smallest absolute Gasteiger partial charge is 0.252 e. The predicted molar refractivity (Wildman–Crippen MR) is 81.9 cm³/mol. The van der Waals surface area contributed by atoms with Gasteiger partial charge in [-0.1, -0.05) is 6.07 Å². The molecule has 108 valence electrons. The fourth-order valence-corrected chi connectivity index (χ4v) is 1.91. The maximum absolute atomic E-state index is 12.2. The number of anilines is 1. The fraction of sp³-hybridized carbons (Fsp3) is 0.286. The van der Waals surface area contributed by atoms with Crippen molar-refractivity contribution < 1.29 is 4.79 Å². The summed E-state index contributed by atoms with van der Waals surface area (Å²) in [5.41, 5.74) is 8.79. The third-order valence-corrected chi connectivity index (χ3v) is 3.08. The SMILES string of the molecule is Cc1ccc(N)cc1C(=O)NC(C)c1cnn(C)c1.Cl. The summed E-state index contributed by atoms with van der Waals surface area (Å²) < 4.78 is 1.71. The Labute approximate surface area is 124 Å². The first-order valence-corrected chi connectivity index (χ1v) is 6.13. The number of nitrogens with one attached hydrogen (secondary N) is 1. The van der Waals surface area contributed by atoms with Crippen molar-refractivity contribution in [1.29, 1.82) is 0 Å². The van der Waals surface area contributed by atoms with Crippen LogP contribution in [0.3, 0.4) is 0 Å². The Morgan fingerprint density at radius 2 is 2.15 bits per heavy atom. The molecule has 3 N–H and O–H groups in total. The molecule has 0 saturated heterocycles. The average Bonchev–Trinajstić information content (AvgIpc) is 2.79. The quantitative estimate of drug-likeness (QED) is 0.853. The number of aromatic nitrogens is 2. The van der Waals surface area contributed by atoms with Crippen molar-refractivity contribution in [3.05, 3.63) is 47.3 Å². The lowest BCUT2D eigenvalue weighted by molar-refractivity contribution is 0.0939. The third-order valence-electron chi connectivity index (χ3n) is 3.08. The zero-order chi connectivity index (χ0) is 14.0. The highest BCUT2D eigenvalue weighted by Crippen LogP contribution is 2.15. The number of aryl methyl sites for hydroxylation is 2. The molecule has 1 unspecified atom stereocenters. The van der Waals surface area contributed by atoms with Crippen molar-refractivity contribution in [2.24, 2.45) is 7.05 Å². The van der Waals surface area contributed by atoms with Crippen molar-refractivity contribution in [3.8, 4) is 0 Å². The van der Waals surface area contributed by atoms with Gasteiger partial charge in [-0.15, -0.1) is 12.4 Å². The second-order valence-electron chi connectivity index (χ2n) is 4.72. The first kappa shape index (κ1) is 16.0. The van der Waals surface area contributed by atoms with Crippen LogP contribution in [0, 0.1) is 6.92 Å². The highest BCUT2D eigenvalue weighted by Gasteiger charge is 2.14. The lowest BCUT2D eigenvalue weighted by Crippen LogP contribution is -2.27. The third kappa shape index (κ3) is 3.51. The molecule has 20 heavy (non-hydrogen) atoms. The van der Waals surface area contributed by atoms with Crippen molar-refractivity contribution in [3.63, 3.8) is 0 Å². The standard InChI is InChI=1S/C14H18N4O.ClH/c1-9-4-5-12(15)6-13(9)14(19)17-10(2)11-7-16-18(3)8-11;/h4-8,10H,15H2,1-3H3,(H,17,19);1H. The molecule has 0 bridgehead atoms. The maximum Gasteiger partial charge on any atom is 0.252 e. The van der Waals surface area contributed by atoms with Crippen molar-refractivity contribution in [2.45, 2.75) is 19.9 Å². The van der Waals surface area contributed by atoms with Gasteiger partial charge in [-0.25, -0.2) is 0 Å². The topological polar surface area (TPSA) is 72.9 Å². The van der Waals surface area contributed by atoms with E-state index in [0.717, 1.165) is 11.1 Å². The van der Waals surface area contributed by atoms with Crippen molar-refractivity contribution in [1.82, 2.24) is 15.1 Å². The molecular weight excluding hydrogens is 276 g/mol. The summed E-state index contributed by atoms with van der Waals surface area (Å²) in [6.45, 7) is 3.82. The second-order valence-corrected chi connectivity index (χ2v) is 4.72. The number of hydrogen-bond acceptors (Lipinski definition) is 3. The molecule has 0 saturated carbocycles. The summed E-state index contributed by atoms with van der Waals surface area (Å²) in [5.74, 6) is -0.124. The number of nitrogens with two attached hydrogens (primary N) is 1. The van der Waals surface area contributed by atoms with Gasteiger partial charge in [0.1, 0.15) is 0 Å². The van der Waals surface area contributed by atoms with Crippen LogP contribution in [0.25, 0.3) is 0 Å². The van der Waals surface area contributed by atoms with E-state index in [1.54, 1.807) is 23.0 Å². The van der Waals surface area contributed by atoms with Gasteiger partial charge >= 0.3 is 0 Å². The Morgan fingerprint density at radius 3 is 2.75 bits per heavy atom. The van der Waals surface area contributed by atoms with Crippen LogP contribution in [0.1, 0.15) is 34.5 Å². The highest BCUT2D eigenvalue weighted by molar-refractivity contribution is 5.96. The molecule has 0 aliphatic carbocycles. The zero-order valence-electron chi connectivity index (χ0n) is 11.8. The molecule has 1 heterocycles. The van der Waals surface area contributed by atoms with Gasteiger partial charge in [0.05, 0.1) is 12.2 Å². The molecule has 5 nitrogen and oxygen atoms in total. The monoisotopic (exact) mass is 294 g/mol. The highest BCUT2D eigenvalue weighted by atomic mass is 35.5. The van der Waals surface area contributed by atoms with E-state index in [4.69, 9.17) is 5.73 Å². The zero-order valence-corrected chi connectivity index (χ0v) is 12.6. The number of nitrogen functional groups attached to an aromatic ring is 1. The molecule has 0 fully saturated rings. The van der Waals surface area contributed by atoms with E-state index in [0.29, 0.717) is 11.3 Å². The number of carbonyl (C=O) groups is 1. The predicted octanol–water partition coefficient (Wildman–Crippen LogP) is 2.22. The number of hydrogen-bond donors (Lipinski definition) is 2. The number of amides is 1. The van der Waals surface area contributed by atoms with Crippen molar-refractivity contribution in [2.75, 3.05) is 5.73 Å². The molecule has 0 spiro atoms. The van der Waals surface area contributed by atoms with E-state index in [9.17, 15) is 4.79 Å². The summed E-state index contributed by atoms with van der Waals surface area (Å²) in [6, 6.07) is 5.23. The number of benzene rings is 1. The fourth-order valence-electron chi connectivity index (χ4n) is 1.91. The number of rotatable bonds is 3. The van der Waals surface area contributed by atoms with Crippen LogP contribution in [0.4, 0.5) is 5.69 Å². The van der Waals surface area contributed by atoms with E-state index >= 15 is 0 Å². The molecule has 2 rings (SSSR count). The van der Waals surface area contributed by atoms with Gasteiger partial charge < -0.3 is 11.1 Å². The van der Waals surface area contributed by atoms with Gasteiger partial charge in [-0.2, -0.15) is 5.10 Å². The minimum Gasteiger partial charge on any atom is -0.399 e. The lowest BCUT2D eigenvalue weighted by atomic mass is 10.1. The average molecular weight is 295 g/mol. The van der Waals surface area contributed by atoms with Crippen LogP contribution in [-0.4, -0.2) is 15.7 Å². The van der Waals surface area contributed by atoms with Gasteiger partial charge in [-0.3, -0.25) is 9.48 Å². The summed E-state index contributed by atoms with van der Waals surface area (Å²) in [5, 5.41) is 7.04. The van der Waals surface area contributed by atoms with Crippen LogP contribution >= 0.6 is 12.4 Å². The summed E-state index contributed by atoms with van der Waals surface area (Å²) in [4.78, 5) is 12.2. The van der Waals surface area contributed by atoms with E-state index < -0.39 is 0 Å². The number of carbonyl (C=O) groups excluding carboxylic acids is 1. The van der Waals surface area contributed by atoms with Gasteiger partial charge in [0.25, 0.3) is 5.91 Å². The largest absolute Gasteiger partial charge is 0.399 e. The molecular formula is C14H19ClN4O. The Balaban J connectivity index is 0.00000200. The Bertz CT molecular complexity index is 609. The molecule has 1 atom stereocenters. The second kappa shape index (κ2) is 6.43. The van der Waals surface area contributed by atoms with E-state index in [1.165, 1.54) is 0 Å². The maximum atomic E-state index is 12.2. The molecule has 1 amide bonds. The molecule has 6 heteroatoms. The Hall–Kier alpha value is -2.01. The summed E-state index contributed by atoms with van der Waals surface area (Å²) in [6.07, 6.45) is 3.63. The number of halogens is 1. The minimum atomic E-state index is -0.124. The van der Waals surface area contributed by atoms with Crippen molar-refractivity contribution >= 4 is 24.0 Å². The van der Waals surface area contributed by atoms with Gasteiger partial charge in [0.2, 0.25) is 0 Å². The first-order chi connectivity index (χ1) is 8.97. The molecule has 1 aromatic heterocycles. The van der Waals surface area contributed by atoms with Crippen LogP contribution in [-0.2, 0) is 7.05 Å². The van der Waals surface area contributed by atoms with Gasteiger partial charge in [0, 0.05) is 30.1 Å². The molecule has 0 aliphatic rings. The van der Waals surface area contributed by atoms with Crippen LogP contribution in [0.2, 0.25) is 0 Å². The lowest BCUT2D eigenvalue weighted by Gasteiger charge is -2.13. The number of nitrogens with zero attached hydrogens (tertiary/aromatic N) is 2. The molecule has 1 aromatic carbocycles. The van der Waals surface area contributed by atoms with Gasteiger partial charge in [-0.05, 0) is 31.5 Å². The van der Waals surface area contributed by atoms with Gasteiger partial charge in [0.15, 0.2) is 0 Å². The Kier molecular flexibility index (Phi) is 5.16. The molecule has 2 aromatic rings. The van der Waals surface area contributed by atoms with Crippen LogP contribution < -0.4 is 11.1 Å². The molecule has 0 aliphatic heterocycles. The van der Waals surface area contributed by atoms with E-state index in [1.807, 2.05) is 33.2 Å². The Morgan fingerprint density at radius 1 is 1.45 bits per heavy atom. The molecule has 0 radical (unpaired) electrons. The van der Waals surface area contributed by atoms with Crippen LogP contribution in [0.5, 0.6) is 0 Å². The van der Waals surface area contributed by atoms with E-state index in [-0.39, 0.29) is 24.4 Å². The van der Waals surface area contributed by atoms with Crippen LogP contribution in [0.15, 0.2) is 30.6 Å². The minimum absolute atomic E-state index is 0. The normalized spacial score (nSPS) is 11.6. The van der Waals surface area contributed by atoms with E-state index in [2.05, 4.69) is 10.4 Å². The first-order valence-electron chi connectivity index (χ1n) is 6.13. The summed E-state index contributed by atoms with van der Waals surface area (Å²) >= 11 is 0. The summed E-state index contributed by atoms with van der Waals surface area (Å²) in [7, 11) is 1.85.